The third-order valence-corrected chi connectivity index (χ3v) is 2.36. The lowest BCUT2D eigenvalue weighted by Gasteiger charge is -2.13. The Morgan fingerprint density at radius 3 is 2.62 bits per heavy atom. The van der Waals surface area contributed by atoms with Gasteiger partial charge in [0.05, 0.1) is 12.3 Å². The van der Waals surface area contributed by atoms with Crippen molar-refractivity contribution in [2.24, 2.45) is 5.92 Å². The molecule has 1 aromatic rings. The van der Waals surface area contributed by atoms with Crippen LogP contribution >= 0.6 is 0 Å². The Morgan fingerprint density at radius 2 is 2.00 bits per heavy atom. The first-order valence-electron chi connectivity index (χ1n) is 5.42. The van der Waals surface area contributed by atoms with Gasteiger partial charge >= 0.3 is 0 Å². The van der Waals surface area contributed by atoms with Gasteiger partial charge in [0, 0.05) is 12.1 Å². The van der Waals surface area contributed by atoms with Crippen molar-refractivity contribution >= 4 is 5.69 Å². The molecule has 2 nitrogen and oxygen atoms in total. The Balaban J connectivity index is 2.63. The lowest BCUT2D eigenvalue weighted by atomic mass is 10.1. The molecule has 1 atom stereocenters. The molecule has 0 saturated heterocycles. The largest absolute Gasteiger partial charge is 0.490 e. The van der Waals surface area contributed by atoms with E-state index in [1.54, 1.807) is 0 Å². The van der Waals surface area contributed by atoms with Crippen molar-refractivity contribution in [3.8, 4) is 5.75 Å². The molecular weight excluding hydrogens is 212 g/mol. The Morgan fingerprint density at radius 1 is 1.31 bits per heavy atom. The summed E-state index contributed by atoms with van der Waals surface area (Å²) in [6, 6.07) is 1.93. The fourth-order valence-electron chi connectivity index (χ4n) is 1.46. The maximum atomic E-state index is 13.3. The summed E-state index contributed by atoms with van der Waals surface area (Å²) in [5, 5.41) is 0. The van der Waals surface area contributed by atoms with E-state index in [-0.39, 0.29) is 11.4 Å². The minimum absolute atomic E-state index is 0.0744. The van der Waals surface area contributed by atoms with Crippen LogP contribution in [0.5, 0.6) is 5.75 Å². The molecule has 0 aliphatic rings. The van der Waals surface area contributed by atoms with Crippen molar-refractivity contribution < 1.29 is 13.5 Å². The van der Waals surface area contributed by atoms with Gasteiger partial charge in [-0.15, -0.1) is 0 Å². The van der Waals surface area contributed by atoms with E-state index in [9.17, 15) is 8.78 Å². The van der Waals surface area contributed by atoms with Crippen LogP contribution in [-0.2, 0) is 0 Å². The van der Waals surface area contributed by atoms with Gasteiger partial charge in [-0.2, -0.15) is 0 Å². The first-order chi connectivity index (χ1) is 7.54. The third-order valence-electron chi connectivity index (χ3n) is 2.36. The van der Waals surface area contributed by atoms with Gasteiger partial charge < -0.3 is 10.5 Å². The molecule has 1 aromatic carbocycles. The predicted molar refractivity (Wildman–Crippen MR) is 60.3 cm³/mol. The summed E-state index contributed by atoms with van der Waals surface area (Å²) in [5.41, 5.74) is 5.02. The third kappa shape index (κ3) is 3.36. The topological polar surface area (TPSA) is 35.2 Å². The number of anilines is 1. The maximum absolute atomic E-state index is 13.3. The standard InChI is InChI=1S/C12H17F2NO/c1-3-4-8(2)7-16-12-6-9(13)11(15)5-10(12)14/h5-6,8H,3-4,7,15H2,1-2H3. The van der Waals surface area contributed by atoms with Crippen molar-refractivity contribution in [3.05, 3.63) is 23.8 Å². The minimum atomic E-state index is -0.653. The average Bonchev–Trinajstić information content (AvgIpc) is 2.22. The van der Waals surface area contributed by atoms with Crippen LogP contribution in [0, 0.1) is 17.6 Å². The van der Waals surface area contributed by atoms with Crippen LogP contribution < -0.4 is 10.5 Å². The van der Waals surface area contributed by atoms with Gasteiger partial charge in [-0.05, 0) is 12.3 Å². The molecule has 0 radical (unpaired) electrons. The highest BCUT2D eigenvalue weighted by Crippen LogP contribution is 2.23. The second-order valence-corrected chi connectivity index (χ2v) is 4.01. The van der Waals surface area contributed by atoms with Crippen LogP contribution in [0.25, 0.3) is 0 Å². The van der Waals surface area contributed by atoms with Gasteiger partial charge in [-0.1, -0.05) is 20.3 Å². The molecule has 0 bridgehead atoms. The van der Waals surface area contributed by atoms with E-state index >= 15 is 0 Å². The summed E-state index contributed by atoms with van der Waals surface area (Å²) in [4.78, 5) is 0. The fourth-order valence-corrected chi connectivity index (χ4v) is 1.46. The van der Waals surface area contributed by atoms with E-state index in [2.05, 4.69) is 6.92 Å². The van der Waals surface area contributed by atoms with Crippen molar-refractivity contribution in [3.63, 3.8) is 0 Å². The molecule has 1 unspecified atom stereocenters. The molecule has 0 aliphatic carbocycles. The van der Waals surface area contributed by atoms with Crippen LogP contribution in [-0.4, -0.2) is 6.61 Å². The smallest absolute Gasteiger partial charge is 0.167 e. The molecule has 16 heavy (non-hydrogen) atoms. The zero-order valence-electron chi connectivity index (χ0n) is 9.59. The Hall–Kier alpha value is -1.32. The molecule has 0 fully saturated rings. The SMILES string of the molecule is CCCC(C)COc1cc(F)c(N)cc1F. The summed E-state index contributed by atoms with van der Waals surface area (Å²) >= 11 is 0. The molecule has 90 valence electrons. The second kappa shape index (κ2) is 5.68. The molecule has 0 saturated carbocycles. The van der Waals surface area contributed by atoms with E-state index < -0.39 is 11.6 Å². The molecule has 0 amide bonds. The van der Waals surface area contributed by atoms with E-state index in [0.29, 0.717) is 12.5 Å². The maximum Gasteiger partial charge on any atom is 0.167 e. The average molecular weight is 229 g/mol. The van der Waals surface area contributed by atoms with Crippen molar-refractivity contribution in [2.45, 2.75) is 26.7 Å². The number of hydrogen-bond acceptors (Lipinski definition) is 2. The van der Waals surface area contributed by atoms with Crippen LogP contribution in [0.2, 0.25) is 0 Å². The number of rotatable bonds is 5. The minimum Gasteiger partial charge on any atom is -0.490 e. The van der Waals surface area contributed by atoms with Crippen LogP contribution in [0.1, 0.15) is 26.7 Å². The number of nitrogens with two attached hydrogens (primary N) is 1. The van der Waals surface area contributed by atoms with Crippen LogP contribution in [0.3, 0.4) is 0 Å². The number of hydrogen-bond donors (Lipinski definition) is 1. The highest BCUT2D eigenvalue weighted by molar-refractivity contribution is 5.44. The van der Waals surface area contributed by atoms with Crippen molar-refractivity contribution in [2.75, 3.05) is 12.3 Å². The lowest BCUT2D eigenvalue weighted by molar-refractivity contribution is 0.240. The summed E-state index contributed by atoms with van der Waals surface area (Å²) in [6.07, 6.45) is 2.04. The zero-order valence-corrected chi connectivity index (χ0v) is 9.59. The van der Waals surface area contributed by atoms with E-state index in [0.717, 1.165) is 25.0 Å². The normalized spacial score (nSPS) is 12.5. The molecule has 0 heterocycles. The highest BCUT2D eigenvalue weighted by atomic mass is 19.1. The number of halogens is 2. The summed E-state index contributed by atoms with van der Waals surface area (Å²) in [5.74, 6) is -1.03. The Kier molecular flexibility index (Phi) is 4.52. The Labute approximate surface area is 94.4 Å². The van der Waals surface area contributed by atoms with Gasteiger partial charge in [-0.25, -0.2) is 8.78 Å². The molecule has 0 aliphatic heterocycles. The van der Waals surface area contributed by atoms with Gasteiger partial charge in [0.25, 0.3) is 0 Å². The van der Waals surface area contributed by atoms with Gasteiger partial charge in [0.1, 0.15) is 5.82 Å². The lowest BCUT2D eigenvalue weighted by Crippen LogP contribution is -2.09. The number of benzene rings is 1. The molecular formula is C12H17F2NO. The predicted octanol–water partition coefficient (Wildman–Crippen LogP) is 3.36. The van der Waals surface area contributed by atoms with E-state index in [1.807, 2.05) is 6.92 Å². The van der Waals surface area contributed by atoms with Crippen LogP contribution in [0.4, 0.5) is 14.5 Å². The summed E-state index contributed by atoms with van der Waals surface area (Å²) in [6.45, 7) is 4.46. The van der Waals surface area contributed by atoms with Gasteiger partial charge in [-0.3, -0.25) is 0 Å². The molecule has 1 rings (SSSR count). The quantitative estimate of drug-likeness (QED) is 0.786. The highest BCUT2D eigenvalue weighted by Gasteiger charge is 2.10. The molecule has 4 heteroatoms. The number of nitrogen functional groups attached to an aromatic ring is 1. The summed E-state index contributed by atoms with van der Waals surface area (Å²) in [7, 11) is 0. The van der Waals surface area contributed by atoms with E-state index in [4.69, 9.17) is 10.5 Å². The zero-order chi connectivity index (χ0) is 12.1. The van der Waals surface area contributed by atoms with Crippen molar-refractivity contribution in [1.29, 1.82) is 0 Å². The first kappa shape index (κ1) is 12.7. The fraction of sp³-hybridized carbons (Fsp3) is 0.500. The van der Waals surface area contributed by atoms with Gasteiger partial charge in [0.2, 0.25) is 0 Å². The monoisotopic (exact) mass is 229 g/mol. The molecule has 0 aromatic heterocycles. The molecule has 0 spiro atoms. The van der Waals surface area contributed by atoms with Crippen molar-refractivity contribution in [1.82, 2.24) is 0 Å². The second-order valence-electron chi connectivity index (χ2n) is 4.01. The molecule has 2 N–H and O–H groups in total. The number of ether oxygens (including phenoxy) is 1. The Bertz CT molecular complexity index is 355. The van der Waals surface area contributed by atoms with Crippen LogP contribution in [0.15, 0.2) is 12.1 Å². The van der Waals surface area contributed by atoms with Gasteiger partial charge in [0.15, 0.2) is 11.6 Å². The van der Waals surface area contributed by atoms with E-state index in [1.165, 1.54) is 0 Å². The summed E-state index contributed by atoms with van der Waals surface area (Å²) < 4.78 is 31.6. The first-order valence-corrected chi connectivity index (χ1v) is 5.42.